The second-order valence-electron chi connectivity index (χ2n) is 5.11. The van der Waals surface area contributed by atoms with Crippen LogP contribution in [0.3, 0.4) is 0 Å². The summed E-state index contributed by atoms with van der Waals surface area (Å²) in [7, 11) is 1.74. The number of aliphatic carboxylic acids is 1. The van der Waals surface area contributed by atoms with Gasteiger partial charge in [0.25, 0.3) is 0 Å². The monoisotopic (exact) mass is 297 g/mol. The van der Waals surface area contributed by atoms with Crippen molar-refractivity contribution >= 4 is 23.2 Å². The molecule has 0 spiro atoms. The average molecular weight is 297 g/mol. The molecule has 0 unspecified atom stereocenters. The van der Waals surface area contributed by atoms with E-state index in [0.717, 1.165) is 6.42 Å². The lowest BCUT2D eigenvalue weighted by Gasteiger charge is -2.28. The van der Waals surface area contributed by atoms with E-state index in [1.54, 1.807) is 23.3 Å². The number of amides is 1. The van der Waals surface area contributed by atoms with Crippen molar-refractivity contribution < 1.29 is 14.7 Å². The number of carboxylic acid groups (broad SMARTS) is 1. The van der Waals surface area contributed by atoms with Gasteiger partial charge in [-0.15, -0.1) is 11.3 Å². The van der Waals surface area contributed by atoms with Gasteiger partial charge in [0.05, 0.1) is 5.41 Å². The van der Waals surface area contributed by atoms with E-state index in [-0.39, 0.29) is 12.3 Å². The van der Waals surface area contributed by atoms with Crippen LogP contribution < -0.4 is 0 Å². The molecular formula is C15H23NO3S. The van der Waals surface area contributed by atoms with E-state index in [2.05, 4.69) is 0 Å². The van der Waals surface area contributed by atoms with Gasteiger partial charge in [-0.25, -0.2) is 0 Å². The lowest BCUT2D eigenvalue weighted by atomic mass is 9.79. The predicted molar refractivity (Wildman–Crippen MR) is 80.9 cm³/mol. The Kier molecular flexibility index (Phi) is 6.20. The number of nitrogens with zero attached hydrogens (tertiary/aromatic N) is 1. The molecule has 0 radical (unpaired) electrons. The maximum absolute atomic E-state index is 12.2. The van der Waals surface area contributed by atoms with E-state index in [1.165, 1.54) is 4.88 Å². The molecule has 0 aromatic carbocycles. The molecule has 0 atom stereocenters. The minimum Gasteiger partial charge on any atom is -0.481 e. The third-order valence-corrected chi connectivity index (χ3v) is 4.93. The van der Waals surface area contributed by atoms with Crippen molar-refractivity contribution in [1.29, 1.82) is 0 Å². The fourth-order valence-electron chi connectivity index (χ4n) is 2.16. The molecule has 20 heavy (non-hydrogen) atoms. The summed E-state index contributed by atoms with van der Waals surface area (Å²) < 4.78 is 0. The molecule has 0 saturated carbocycles. The van der Waals surface area contributed by atoms with E-state index in [4.69, 9.17) is 0 Å². The third kappa shape index (κ3) is 4.07. The topological polar surface area (TPSA) is 57.6 Å². The van der Waals surface area contributed by atoms with Crippen molar-refractivity contribution in [1.82, 2.24) is 4.90 Å². The van der Waals surface area contributed by atoms with E-state index in [9.17, 15) is 14.7 Å². The van der Waals surface area contributed by atoms with Gasteiger partial charge >= 0.3 is 5.97 Å². The van der Waals surface area contributed by atoms with Crippen molar-refractivity contribution in [2.45, 2.75) is 39.5 Å². The second-order valence-corrected chi connectivity index (χ2v) is 6.15. The summed E-state index contributed by atoms with van der Waals surface area (Å²) in [6.45, 7) is 4.29. The fourth-order valence-corrected chi connectivity index (χ4v) is 2.86. The zero-order chi connectivity index (χ0) is 15.2. The number of carboxylic acids is 1. The summed E-state index contributed by atoms with van der Waals surface area (Å²) >= 11 is 1.67. The van der Waals surface area contributed by atoms with Crippen LogP contribution in [0.15, 0.2) is 17.5 Å². The SMILES string of the molecule is CCC(CC)(CC(=O)N(C)CCc1cccs1)C(=O)O. The second kappa shape index (κ2) is 7.43. The highest BCUT2D eigenvalue weighted by Gasteiger charge is 2.37. The van der Waals surface area contributed by atoms with Crippen molar-refractivity contribution in [2.75, 3.05) is 13.6 Å². The summed E-state index contributed by atoms with van der Waals surface area (Å²) in [4.78, 5) is 26.5. The molecule has 0 saturated heterocycles. The fraction of sp³-hybridized carbons (Fsp3) is 0.600. The molecule has 0 fully saturated rings. The van der Waals surface area contributed by atoms with Gasteiger partial charge in [0.2, 0.25) is 5.91 Å². The molecule has 1 heterocycles. The van der Waals surface area contributed by atoms with E-state index >= 15 is 0 Å². The van der Waals surface area contributed by atoms with Crippen LogP contribution in [0.5, 0.6) is 0 Å². The summed E-state index contributed by atoms with van der Waals surface area (Å²) in [6.07, 6.45) is 1.85. The van der Waals surface area contributed by atoms with E-state index in [0.29, 0.717) is 19.4 Å². The average Bonchev–Trinajstić information content (AvgIpc) is 2.94. The highest BCUT2D eigenvalue weighted by molar-refractivity contribution is 7.09. The lowest BCUT2D eigenvalue weighted by Crippen LogP contribution is -2.38. The van der Waals surface area contributed by atoms with Crippen LogP contribution in [0, 0.1) is 5.41 Å². The third-order valence-electron chi connectivity index (χ3n) is 4.00. The Bertz CT molecular complexity index is 438. The molecule has 1 aromatic rings. The molecular weight excluding hydrogens is 274 g/mol. The molecule has 1 amide bonds. The number of likely N-dealkylation sites (N-methyl/N-ethyl adjacent to an activating group) is 1. The first-order chi connectivity index (χ1) is 9.45. The van der Waals surface area contributed by atoms with Crippen molar-refractivity contribution in [2.24, 2.45) is 5.41 Å². The zero-order valence-corrected chi connectivity index (χ0v) is 13.2. The Balaban J connectivity index is 2.57. The maximum Gasteiger partial charge on any atom is 0.310 e. The zero-order valence-electron chi connectivity index (χ0n) is 12.4. The van der Waals surface area contributed by atoms with Crippen LogP contribution in [0.4, 0.5) is 0 Å². The van der Waals surface area contributed by atoms with Gasteiger partial charge in [-0.3, -0.25) is 9.59 Å². The lowest BCUT2D eigenvalue weighted by molar-refractivity contribution is -0.154. The predicted octanol–water partition coefficient (Wildman–Crippen LogP) is 3.03. The Morgan fingerprint density at radius 3 is 2.45 bits per heavy atom. The number of thiophene rings is 1. The quantitative estimate of drug-likeness (QED) is 0.802. The van der Waals surface area contributed by atoms with Crippen LogP contribution in [-0.2, 0) is 16.0 Å². The largest absolute Gasteiger partial charge is 0.481 e. The molecule has 0 aliphatic carbocycles. The number of hydrogen-bond acceptors (Lipinski definition) is 3. The summed E-state index contributed by atoms with van der Waals surface area (Å²) in [5.41, 5.74) is -0.922. The Hall–Kier alpha value is -1.36. The van der Waals surface area contributed by atoms with E-state index in [1.807, 2.05) is 31.4 Å². The Morgan fingerprint density at radius 1 is 1.35 bits per heavy atom. The maximum atomic E-state index is 12.2. The van der Waals surface area contributed by atoms with Gasteiger partial charge in [-0.05, 0) is 30.7 Å². The first-order valence-electron chi connectivity index (χ1n) is 6.95. The summed E-state index contributed by atoms with van der Waals surface area (Å²) in [5.74, 6) is -0.963. The molecule has 0 bridgehead atoms. The van der Waals surface area contributed by atoms with Crippen molar-refractivity contribution in [3.63, 3.8) is 0 Å². The molecule has 1 N–H and O–H groups in total. The van der Waals surface area contributed by atoms with Crippen molar-refractivity contribution in [3.05, 3.63) is 22.4 Å². The standard InChI is InChI=1S/C15H23NO3S/c1-4-15(5-2,14(18)19)11-13(17)16(3)9-8-12-7-6-10-20-12/h6-7,10H,4-5,8-9,11H2,1-3H3,(H,18,19). The summed E-state index contributed by atoms with van der Waals surface area (Å²) in [5, 5.41) is 11.4. The highest BCUT2D eigenvalue weighted by Crippen LogP contribution is 2.31. The molecule has 112 valence electrons. The van der Waals surface area contributed by atoms with Crippen molar-refractivity contribution in [3.8, 4) is 0 Å². The minimum atomic E-state index is -0.922. The minimum absolute atomic E-state index is 0.0796. The number of carbonyl (C=O) groups is 2. The Labute approximate surface area is 124 Å². The van der Waals surface area contributed by atoms with E-state index < -0.39 is 11.4 Å². The molecule has 1 rings (SSSR count). The van der Waals surface area contributed by atoms with Crippen LogP contribution >= 0.6 is 11.3 Å². The van der Waals surface area contributed by atoms with Gasteiger partial charge in [-0.2, -0.15) is 0 Å². The molecule has 0 aliphatic heterocycles. The molecule has 1 aromatic heterocycles. The van der Waals surface area contributed by atoms with Gasteiger partial charge in [0, 0.05) is 24.9 Å². The Morgan fingerprint density at radius 2 is 2.00 bits per heavy atom. The molecule has 4 nitrogen and oxygen atoms in total. The van der Waals surface area contributed by atoms with Gasteiger partial charge in [0.15, 0.2) is 0 Å². The smallest absolute Gasteiger partial charge is 0.310 e. The number of hydrogen-bond donors (Lipinski definition) is 1. The van der Waals surface area contributed by atoms with Crippen LogP contribution in [0.2, 0.25) is 0 Å². The number of carbonyl (C=O) groups excluding carboxylic acids is 1. The number of rotatable bonds is 8. The van der Waals surface area contributed by atoms with Crippen LogP contribution in [-0.4, -0.2) is 35.5 Å². The molecule has 5 heteroatoms. The molecule has 0 aliphatic rings. The first-order valence-corrected chi connectivity index (χ1v) is 7.83. The van der Waals surface area contributed by atoms with Gasteiger partial charge in [0.1, 0.15) is 0 Å². The van der Waals surface area contributed by atoms with Gasteiger partial charge < -0.3 is 10.0 Å². The van der Waals surface area contributed by atoms with Crippen LogP contribution in [0.25, 0.3) is 0 Å². The highest BCUT2D eigenvalue weighted by atomic mass is 32.1. The first kappa shape index (κ1) is 16.7. The normalized spacial score (nSPS) is 11.3. The van der Waals surface area contributed by atoms with Crippen LogP contribution in [0.1, 0.15) is 38.0 Å². The van der Waals surface area contributed by atoms with Gasteiger partial charge in [-0.1, -0.05) is 19.9 Å². The summed E-state index contributed by atoms with van der Waals surface area (Å²) in [6, 6.07) is 4.04.